The van der Waals surface area contributed by atoms with Crippen molar-refractivity contribution in [2.45, 2.75) is 20.3 Å². The Morgan fingerprint density at radius 3 is 2.73 bits per heavy atom. The number of nitrogens with one attached hydrogen (secondary N) is 1. The SMILES string of the molecule is CCc1[nH]c2ccc(Br)c(OC)c2c1C. The number of H-pyrrole nitrogens is 1. The maximum atomic E-state index is 5.43. The Balaban J connectivity index is 2.84. The summed E-state index contributed by atoms with van der Waals surface area (Å²) < 4.78 is 6.43. The lowest BCUT2D eigenvalue weighted by molar-refractivity contribution is 0.417. The number of methoxy groups -OCH3 is 1. The fourth-order valence-electron chi connectivity index (χ4n) is 1.99. The third kappa shape index (κ3) is 1.55. The molecule has 80 valence electrons. The van der Waals surface area contributed by atoms with Crippen molar-refractivity contribution in [3.8, 4) is 5.75 Å². The van der Waals surface area contributed by atoms with Crippen molar-refractivity contribution in [3.05, 3.63) is 27.9 Å². The molecule has 3 heteroatoms. The van der Waals surface area contributed by atoms with Crippen LogP contribution in [0.25, 0.3) is 10.9 Å². The molecule has 1 heterocycles. The number of aryl methyl sites for hydroxylation is 2. The molecule has 0 aliphatic rings. The number of benzene rings is 1. The van der Waals surface area contributed by atoms with Crippen molar-refractivity contribution < 1.29 is 4.74 Å². The molecule has 0 spiro atoms. The van der Waals surface area contributed by atoms with Crippen LogP contribution < -0.4 is 4.74 Å². The third-order valence-electron chi connectivity index (χ3n) is 2.78. The van der Waals surface area contributed by atoms with Gasteiger partial charge in [0, 0.05) is 16.6 Å². The maximum Gasteiger partial charge on any atom is 0.142 e. The van der Waals surface area contributed by atoms with Gasteiger partial charge >= 0.3 is 0 Å². The molecule has 0 aliphatic heterocycles. The highest BCUT2D eigenvalue weighted by Gasteiger charge is 2.13. The molecule has 0 atom stereocenters. The van der Waals surface area contributed by atoms with E-state index in [-0.39, 0.29) is 0 Å². The number of hydrogen-bond donors (Lipinski definition) is 1. The van der Waals surface area contributed by atoms with Crippen LogP contribution in [0.2, 0.25) is 0 Å². The number of halogens is 1. The van der Waals surface area contributed by atoms with E-state index in [1.165, 1.54) is 16.6 Å². The summed E-state index contributed by atoms with van der Waals surface area (Å²) in [5.41, 5.74) is 3.71. The molecule has 1 N–H and O–H groups in total. The normalized spacial score (nSPS) is 10.9. The molecule has 0 unspecified atom stereocenters. The van der Waals surface area contributed by atoms with Gasteiger partial charge in [0.15, 0.2) is 0 Å². The molecule has 15 heavy (non-hydrogen) atoms. The second kappa shape index (κ2) is 3.89. The van der Waals surface area contributed by atoms with Gasteiger partial charge in [-0.05, 0) is 47.0 Å². The molecule has 2 rings (SSSR count). The Kier molecular flexibility index (Phi) is 2.74. The second-order valence-electron chi connectivity index (χ2n) is 3.59. The number of ether oxygens (including phenoxy) is 1. The van der Waals surface area contributed by atoms with E-state index in [4.69, 9.17) is 4.74 Å². The zero-order valence-electron chi connectivity index (χ0n) is 9.15. The molecule has 0 fully saturated rings. The minimum Gasteiger partial charge on any atom is -0.495 e. The molecule has 2 nitrogen and oxygen atoms in total. The molecule has 0 bridgehead atoms. The number of rotatable bonds is 2. The largest absolute Gasteiger partial charge is 0.495 e. The predicted molar refractivity (Wildman–Crippen MR) is 66.7 cm³/mol. The third-order valence-corrected chi connectivity index (χ3v) is 3.40. The van der Waals surface area contributed by atoms with Crippen LogP contribution in [0, 0.1) is 6.92 Å². The molecule has 0 saturated heterocycles. The van der Waals surface area contributed by atoms with Crippen molar-refractivity contribution in [3.63, 3.8) is 0 Å². The first-order valence-electron chi connectivity index (χ1n) is 5.02. The summed E-state index contributed by atoms with van der Waals surface area (Å²) in [4.78, 5) is 3.41. The number of aromatic amines is 1. The van der Waals surface area contributed by atoms with Gasteiger partial charge in [0.25, 0.3) is 0 Å². The molecule has 0 saturated carbocycles. The van der Waals surface area contributed by atoms with Crippen LogP contribution in [0.1, 0.15) is 18.2 Å². The molecule has 0 radical (unpaired) electrons. The first-order chi connectivity index (χ1) is 7.19. The van der Waals surface area contributed by atoms with Gasteiger partial charge in [0.1, 0.15) is 5.75 Å². The number of hydrogen-bond acceptors (Lipinski definition) is 1. The van der Waals surface area contributed by atoms with Gasteiger partial charge in [0.2, 0.25) is 0 Å². The molecule has 1 aromatic heterocycles. The smallest absolute Gasteiger partial charge is 0.142 e. The van der Waals surface area contributed by atoms with E-state index in [0.29, 0.717) is 0 Å². The summed E-state index contributed by atoms with van der Waals surface area (Å²) in [5.74, 6) is 0.918. The van der Waals surface area contributed by atoms with Crippen molar-refractivity contribution in [1.29, 1.82) is 0 Å². The average molecular weight is 268 g/mol. The van der Waals surface area contributed by atoms with Crippen LogP contribution in [-0.4, -0.2) is 12.1 Å². The van der Waals surface area contributed by atoms with Gasteiger partial charge in [-0.2, -0.15) is 0 Å². The highest BCUT2D eigenvalue weighted by molar-refractivity contribution is 9.10. The van der Waals surface area contributed by atoms with E-state index in [2.05, 4.69) is 40.8 Å². The van der Waals surface area contributed by atoms with Crippen molar-refractivity contribution in [2.75, 3.05) is 7.11 Å². The number of fused-ring (bicyclic) bond motifs is 1. The Morgan fingerprint density at radius 1 is 1.40 bits per heavy atom. The fourth-order valence-corrected chi connectivity index (χ4v) is 2.49. The predicted octanol–water partition coefficient (Wildman–Crippen LogP) is 3.81. The first kappa shape index (κ1) is 10.6. The Bertz CT molecular complexity index is 502. The molecule has 0 aliphatic carbocycles. The summed E-state index contributed by atoms with van der Waals surface area (Å²) >= 11 is 3.50. The summed E-state index contributed by atoms with van der Waals surface area (Å²) in [5, 5.41) is 1.18. The van der Waals surface area contributed by atoms with Gasteiger partial charge in [-0.3, -0.25) is 0 Å². The molecule has 0 amide bonds. The van der Waals surface area contributed by atoms with Crippen molar-refractivity contribution >= 4 is 26.8 Å². The van der Waals surface area contributed by atoms with Crippen LogP contribution in [0.5, 0.6) is 5.75 Å². The Morgan fingerprint density at radius 2 is 2.13 bits per heavy atom. The van der Waals surface area contributed by atoms with Gasteiger partial charge in [-0.1, -0.05) is 6.92 Å². The first-order valence-corrected chi connectivity index (χ1v) is 5.82. The Labute approximate surface area is 97.8 Å². The summed E-state index contributed by atoms with van der Waals surface area (Å²) in [6.07, 6.45) is 1.02. The monoisotopic (exact) mass is 267 g/mol. The summed E-state index contributed by atoms with van der Waals surface area (Å²) in [6, 6.07) is 4.09. The molecule has 2 aromatic rings. The summed E-state index contributed by atoms with van der Waals surface area (Å²) in [6.45, 7) is 4.28. The van der Waals surface area contributed by atoms with Gasteiger partial charge in [0.05, 0.1) is 11.6 Å². The van der Waals surface area contributed by atoms with E-state index in [1.807, 2.05) is 6.07 Å². The lowest BCUT2D eigenvalue weighted by Crippen LogP contribution is -1.86. The van der Waals surface area contributed by atoms with E-state index in [1.54, 1.807) is 7.11 Å². The average Bonchev–Trinajstić information content (AvgIpc) is 2.56. The molecular weight excluding hydrogens is 254 g/mol. The Hall–Kier alpha value is -0.960. The highest BCUT2D eigenvalue weighted by Crippen LogP contribution is 2.36. The zero-order chi connectivity index (χ0) is 11.0. The minimum absolute atomic E-state index is 0.918. The van der Waals surface area contributed by atoms with E-state index < -0.39 is 0 Å². The molecule has 1 aromatic carbocycles. The lowest BCUT2D eigenvalue weighted by atomic mass is 10.1. The van der Waals surface area contributed by atoms with Crippen LogP contribution in [0.4, 0.5) is 0 Å². The lowest BCUT2D eigenvalue weighted by Gasteiger charge is -2.05. The van der Waals surface area contributed by atoms with E-state index in [0.717, 1.165) is 22.2 Å². The second-order valence-corrected chi connectivity index (χ2v) is 4.44. The highest BCUT2D eigenvalue weighted by atomic mass is 79.9. The topological polar surface area (TPSA) is 25.0 Å². The van der Waals surface area contributed by atoms with Crippen molar-refractivity contribution in [2.24, 2.45) is 0 Å². The van der Waals surface area contributed by atoms with E-state index in [9.17, 15) is 0 Å². The minimum atomic E-state index is 0.918. The van der Waals surface area contributed by atoms with Crippen LogP contribution >= 0.6 is 15.9 Å². The fraction of sp³-hybridized carbons (Fsp3) is 0.333. The molecular formula is C12H14BrNO. The van der Waals surface area contributed by atoms with Gasteiger partial charge in [-0.25, -0.2) is 0 Å². The maximum absolute atomic E-state index is 5.43. The van der Waals surface area contributed by atoms with Crippen LogP contribution in [-0.2, 0) is 6.42 Å². The quantitative estimate of drug-likeness (QED) is 0.880. The zero-order valence-corrected chi connectivity index (χ0v) is 10.7. The van der Waals surface area contributed by atoms with Crippen LogP contribution in [0.3, 0.4) is 0 Å². The summed E-state index contributed by atoms with van der Waals surface area (Å²) in [7, 11) is 1.71. The van der Waals surface area contributed by atoms with Gasteiger partial charge < -0.3 is 9.72 Å². The number of aromatic nitrogens is 1. The van der Waals surface area contributed by atoms with E-state index >= 15 is 0 Å². The standard InChI is InChI=1S/C12H14BrNO/c1-4-9-7(2)11-10(14-9)6-5-8(13)12(11)15-3/h5-6,14H,4H2,1-3H3. The van der Waals surface area contributed by atoms with Crippen LogP contribution in [0.15, 0.2) is 16.6 Å². The van der Waals surface area contributed by atoms with Crippen molar-refractivity contribution in [1.82, 2.24) is 4.98 Å². The van der Waals surface area contributed by atoms with Gasteiger partial charge in [-0.15, -0.1) is 0 Å².